The molecule has 65 heavy (non-hydrogen) atoms. The van der Waals surface area contributed by atoms with Crippen LogP contribution in [0.25, 0.3) is 0 Å². The first kappa shape index (κ1) is 49.5. The minimum absolute atomic E-state index is 0.0466. The predicted molar refractivity (Wildman–Crippen MR) is 232 cm³/mol. The summed E-state index contributed by atoms with van der Waals surface area (Å²) in [7, 11) is 4.86. The molecule has 22 atom stereocenters. The Morgan fingerprint density at radius 3 is 1.83 bits per heavy atom. The second-order valence-electron chi connectivity index (χ2n) is 20.9. The molecule has 3 heterocycles. The topological polar surface area (TPSA) is 211 Å². The number of carbonyl (C=O) groups is 1. The Labute approximate surface area is 383 Å². The van der Waals surface area contributed by atoms with Crippen LogP contribution in [0.5, 0.6) is 0 Å². The maximum atomic E-state index is 13.7. The third kappa shape index (κ3) is 8.34. The highest BCUT2D eigenvalue weighted by molar-refractivity contribution is 5.89. The van der Waals surface area contributed by atoms with E-state index in [9.17, 15) is 30.3 Å². The van der Waals surface area contributed by atoms with Crippen molar-refractivity contribution in [2.24, 2.45) is 22.7 Å². The minimum atomic E-state index is -1.85. The molecule has 1 aromatic rings. The lowest BCUT2D eigenvalue weighted by Gasteiger charge is -2.69. The van der Waals surface area contributed by atoms with E-state index in [-0.39, 0.29) is 43.5 Å². The molecule has 7 aliphatic rings. The molecule has 22 unspecified atom stereocenters. The van der Waals surface area contributed by atoms with E-state index >= 15 is 0 Å². The molecule has 0 spiro atoms. The van der Waals surface area contributed by atoms with E-state index in [1.165, 1.54) is 6.92 Å². The van der Waals surface area contributed by atoms with Gasteiger partial charge in [-0.2, -0.15) is 0 Å². The van der Waals surface area contributed by atoms with Gasteiger partial charge < -0.3 is 72.9 Å². The Bertz CT molecular complexity index is 1790. The van der Waals surface area contributed by atoms with Crippen molar-refractivity contribution in [1.29, 1.82) is 0 Å². The Kier molecular flexibility index (Phi) is 14.3. The number of esters is 1. The normalized spacial score (nSPS) is 50.4. The summed E-state index contributed by atoms with van der Waals surface area (Å²) in [5.74, 6) is -0.930. The smallest absolute Gasteiger partial charge is 0.338 e. The zero-order valence-electron chi connectivity index (χ0n) is 39.7. The summed E-state index contributed by atoms with van der Waals surface area (Å²) in [6.07, 6.45) is -3.69. The van der Waals surface area contributed by atoms with Crippen LogP contribution in [0.3, 0.4) is 0 Å². The fourth-order valence-electron chi connectivity index (χ4n) is 13.9. The number of aliphatic hydroxyl groups is 5. The highest BCUT2D eigenvalue weighted by atomic mass is 16.7. The molecule has 4 aliphatic carbocycles. The first-order chi connectivity index (χ1) is 30.8. The largest absolute Gasteiger partial charge is 0.458 e. The van der Waals surface area contributed by atoms with Crippen molar-refractivity contribution in [3.8, 4) is 0 Å². The highest BCUT2D eigenvalue weighted by Crippen LogP contribution is 2.72. The van der Waals surface area contributed by atoms with E-state index in [0.29, 0.717) is 56.9 Å². The van der Waals surface area contributed by atoms with Gasteiger partial charge in [-0.25, -0.2) is 4.79 Å². The van der Waals surface area contributed by atoms with Crippen LogP contribution >= 0.6 is 0 Å². The van der Waals surface area contributed by atoms with Crippen LogP contribution in [0.15, 0.2) is 30.3 Å². The van der Waals surface area contributed by atoms with E-state index in [2.05, 4.69) is 6.92 Å². The van der Waals surface area contributed by atoms with Crippen LogP contribution in [0.1, 0.15) is 123 Å². The molecule has 4 saturated carbocycles. The first-order valence-corrected chi connectivity index (χ1v) is 24.1. The summed E-state index contributed by atoms with van der Waals surface area (Å²) in [5, 5.41) is 59.7. The molecule has 16 nitrogen and oxygen atoms in total. The molecule has 0 aromatic heterocycles. The standard InChI is InChI=1S/C49H76O16/c1-26-41(51)33(56-7)22-39(59-26)64-43-28(3)61-40(24-35(43)58-9)65-42-27(2)60-38(23-34(42)57-8)62-32-16-17-45(5)31(21-32)15-18-48(54)36(45)25-37(63-44(52)30-13-11-10-12-14-30)46(6)47(53,29(4)50)19-20-49(46,48)55/h10-14,26-29,31-43,50-51,53-55H,15-25H2,1-9H3. The van der Waals surface area contributed by atoms with E-state index in [4.69, 9.17) is 47.4 Å². The van der Waals surface area contributed by atoms with Gasteiger partial charge in [-0.15, -0.1) is 0 Å². The van der Waals surface area contributed by atoms with Crippen LogP contribution in [-0.4, -0.2) is 162 Å². The zero-order chi connectivity index (χ0) is 46.9. The van der Waals surface area contributed by atoms with Crippen molar-refractivity contribution in [1.82, 2.24) is 0 Å². The Balaban J connectivity index is 0.911. The van der Waals surface area contributed by atoms with Crippen molar-refractivity contribution < 1.29 is 77.7 Å². The van der Waals surface area contributed by atoms with Crippen molar-refractivity contribution in [3.63, 3.8) is 0 Å². The molecular weight excluding hydrogens is 845 g/mol. The summed E-state index contributed by atoms with van der Waals surface area (Å²) in [6.45, 7) is 11.0. The lowest BCUT2D eigenvalue weighted by molar-refractivity contribution is -0.345. The van der Waals surface area contributed by atoms with Crippen LogP contribution in [0.4, 0.5) is 0 Å². The molecule has 3 aliphatic heterocycles. The van der Waals surface area contributed by atoms with E-state index in [1.807, 2.05) is 19.9 Å². The number of aliphatic hydroxyl groups excluding tert-OH is 2. The molecule has 0 amide bonds. The molecule has 7 fully saturated rings. The van der Waals surface area contributed by atoms with Gasteiger partial charge in [-0.3, -0.25) is 0 Å². The van der Waals surface area contributed by atoms with Crippen molar-refractivity contribution >= 4 is 5.97 Å². The van der Waals surface area contributed by atoms with E-state index < -0.39 is 113 Å². The van der Waals surface area contributed by atoms with E-state index in [0.717, 1.165) is 0 Å². The molecular formula is C49H76O16. The number of hydrogen-bond acceptors (Lipinski definition) is 16. The number of hydrogen-bond donors (Lipinski definition) is 5. The van der Waals surface area contributed by atoms with Crippen LogP contribution < -0.4 is 0 Å². The summed E-state index contributed by atoms with van der Waals surface area (Å²) in [4.78, 5) is 13.7. The second-order valence-corrected chi connectivity index (χ2v) is 20.9. The molecule has 368 valence electrons. The number of ether oxygens (including phenoxy) is 10. The summed E-state index contributed by atoms with van der Waals surface area (Å²) in [5.41, 5.74) is -6.94. The van der Waals surface area contributed by atoms with Gasteiger partial charge in [0, 0.05) is 40.6 Å². The number of fused-ring (bicyclic) bond motifs is 5. The molecule has 5 N–H and O–H groups in total. The fourth-order valence-corrected chi connectivity index (χ4v) is 13.9. The minimum Gasteiger partial charge on any atom is -0.458 e. The third-order valence-corrected chi connectivity index (χ3v) is 17.9. The quantitative estimate of drug-likeness (QED) is 0.147. The van der Waals surface area contributed by atoms with Gasteiger partial charge in [-0.05, 0) is 108 Å². The van der Waals surface area contributed by atoms with Gasteiger partial charge in [0.1, 0.15) is 35.6 Å². The summed E-state index contributed by atoms with van der Waals surface area (Å²) < 4.78 is 62.4. The van der Waals surface area contributed by atoms with Crippen molar-refractivity contribution in [2.45, 2.75) is 221 Å². The summed E-state index contributed by atoms with van der Waals surface area (Å²) in [6, 6.07) is 8.64. The Morgan fingerprint density at radius 1 is 0.708 bits per heavy atom. The molecule has 1 aromatic carbocycles. The number of carbonyl (C=O) groups excluding carboxylic acids is 1. The molecule has 16 heteroatoms. The van der Waals surface area contributed by atoms with Gasteiger partial charge in [0.2, 0.25) is 0 Å². The monoisotopic (exact) mass is 921 g/mol. The lowest BCUT2D eigenvalue weighted by Crippen LogP contribution is -2.79. The number of benzene rings is 1. The predicted octanol–water partition coefficient (Wildman–Crippen LogP) is 4.17. The third-order valence-electron chi connectivity index (χ3n) is 17.9. The van der Waals surface area contributed by atoms with Gasteiger partial charge in [-0.1, -0.05) is 32.0 Å². The van der Waals surface area contributed by atoms with Crippen LogP contribution in [0.2, 0.25) is 0 Å². The number of methoxy groups -OCH3 is 3. The maximum Gasteiger partial charge on any atom is 0.338 e. The molecule has 3 saturated heterocycles. The Hall–Kier alpha value is -1.87. The second kappa shape index (κ2) is 18.8. The van der Waals surface area contributed by atoms with E-state index in [1.54, 1.807) is 59.4 Å². The highest BCUT2D eigenvalue weighted by Gasteiger charge is 2.81. The average Bonchev–Trinajstić information content (AvgIpc) is 3.51. The Morgan fingerprint density at radius 2 is 1.26 bits per heavy atom. The number of rotatable bonds is 12. The zero-order valence-corrected chi connectivity index (χ0v) is 39.7. The molecule has 0 radical (unpaired) electrons. The fraction of sp³-hybridized carbons (Fsp3) is 0.857. The van der Waals surface area contributed by atoms with Crippen LogP contribution in [0, 0.1) is 22.7 Å². The first-order valence-electron chi connectivity index (χ1n) is 24.1. The molecule has 0 bridgehead atoms. The van der Waals surface area contributed by atoms with Crippen LogP contribution in [-0.2, 0) is 47.4 Å². The lowest BCUT2D eigenvalue weighted by atomic mass is 9.40. The van der Waals surface area contributed by atoms with Crippen molar-refractivity contribution in [2.75, 3.05) is 21.3 Å². The molecule has 8 rings (SSSR count). The van der Waals surface area contributed by atoms with Gasteiger partial charge in [0.05, 0.1) is 65.4 Å². The average molecular weight is 921 g/mol. The van der Waals surface area contributed by atoms with Gasteiger partial charge in [0.15, 0.2) is 18.9 Å². The van der Waals surface area contributed by atoms with Gasteiger partial charge in [0.25, 0.3) is 0 Å². The maximum absolute atomic E-state index is 13.7. The summed E-state index contributed by atoms with van der Waals surface area (Å²) >= 11 is 0. The van der Waals surface area contributed by atoms with Crippen molar-refractivity contribution in [3.05, 3.63) is 35.9 Å². The van der Waals surface area contributed by atoms with Gasteiger partial charge >= 0.3 is 5.97 Å². The SMILES string of the molecule is COC1CC(OC2C(C)OC(OC3C(C)OC(OC4CCC5(C)C(CCC6(O)C5CC(OC(=O)c5ccccc5)C5(C)C(O)(C(C)O)CCC65O)C4)CC3OC)CC2OC)OC(C)C1O.